The maximum Gasteiger partial charge on any atom is 0.256 e. The summed E-state index contributed by atoms with van der Waals surface area (Å²) in [5.74, 6) is -0.668. The number of anilines is 1. The molecule has 110 valence electrons. The van der Waals surface area contributed by atoms with E-state index in [1.807, 2.05) is 41.8 Å². The summed E-state index contributed by atoms with van der Waals surface area (Å²) in [4.78, 5) is 13.5. The van der Waals surface area contributed by atoms with Crippen molar-refractivity contribution >= 4 is 38.9 Å². The minimum absolute atomic E-state index is 0.282. The van der Waals surface area contributed by atoms with Crippen molar-refractivity contribution < 1.29 is 9.18 Å². The average Bonchev–Trinajstić information content (AvgIpc) is 3.01. The van der Waals surface area contributed by atoms with Crippen LogP contribution in [0.4, 0.5) is 10.1 Å². The summed E-state index contributed by atoms with van der Waals surface area (Å²) >= 11 is 4.83. The summed E-state index contributed by atoms with van der Waals surface area (Å²) in [5.41, 5.74) is 2.08. The van der Waals surface area contributed by atoms with Gasteiger partial charge in [0, 0.05) is 20.6 Å². The molecule has 5 heteroatoms. The van der Waals surface area contributed by atoms with Crippen molar-refractivity contribution in [3.8, 4) is 10.4 Å². The van der Waals surface area contributed by atoms with E-state index in [1.165, 1.54) is 18.2 Å². The molecule has 0 aliphatic carbocycles. The Morgan fingerprint density at radius 3 is 2.64 bits per heavy atom. The molecule has 0 saturated heterocycles. The first kappa shape index (κ1) is 14.9. The van der Waals surface area contributed by atoms with Gasteiger partial charge in [-0.3, -0.25) is 4.79 Å². The van der Waals surface area contributed by atoms with Crippen LogP contribution >= 0.6 is 27.3 Å². The number of thiophene rings is 1. The Bertz CT molecular complexity index is 817. The minimum Gasteiger partial charge on any atom is -0.321 e. The van der Waals surface area contributed by atoms with Crippen molar-refractivity contribution in [3.05, 3.63) is 75.8 Å². The molecule has 1 N–H and O–H groups in total. The molecule has 1 amide bonds. The molecule has 0 spiro atoms. The van der Waals surface area contributed by atoms with Crippen LogP contribution in [0, 0.1) is 5.82 Å². The number of carbonyl (C=O) groups is 1. The van der Waals surface area contributed by atoms with Crippen LogP contribution in [0.1, 0.15) is 10.4 Å². The molecule has 3 aromatic rings. The van der Waals surface area contributed by atoms with Gasteiger partial charge in [0.25, 0.3) is 5.91 Å². The molecule has 1 aromatic heterocycles. The molecule has 0 saturated carbocycles. The highest BCUT2D eigenvalue weighted by molar-refractivity contribution is 9.10. The lowest BCUT2D eigenvalue weighted by Gasteiger charge is -2.11. The zero-order valence-corrected chi connectivity index (χ0v) is 13.7. The highest BCUT2D eigenvalue weighted by Gasteiger charge is 2.13. The molecule has 2 aromatic carbocycles. The predicted octanol–water partition coefficient (Wildman–Crippen LogP) is 5.57. The minimum atomic E-state index is -0.387. The first-order valence-electron chi connectivity index (χ1n) is 6.54. The lowest BCUT2D eigenvalue weighted by atomic mass is 10.1. The van der Waals surface area contributed by atoms with E-state index in [-0.39, 0.29) is 11.7 Å². The van der Waals surface area contributed by atoms with E-state index in [9.17, 15) is 9.18 Å². The molecular formula is C17H11BrFNOS. The van der Waals surface area contributed by atoms with Gasteiger partial charge in [0.15, 0.2) is 0 Å². The molecule has 2 nitrogen and oxygen atoms in total. The van der Waals surface area contributed by atoms with Crippen LogP contribution in [0.3, 0.4) is 0 Å². The number of hydrogen-bond donors (Lipinski definition) is 1. The monoisotopic (exact) mass is 375 g/mol. The number of halogens is 2. The van der Waals surface area contributed by atoms with Gasteiger partial charge in [-0.05, 0) is 51.6 Å². The van der Waals surface area contributed by atoms with E-state index < -0.39 is 0 Å². The van der Waals surface area contributed by atoms with Crippen molar-refractivity contribution in [3.63, 3.8) is 0 Å². The maximum atomic E-state index is 13.1. The van der Waals surface area contributed by atoms with Crippen LogP contribution in [-0.2, 0) is 0 Å². The standard InChI is InChI=1S/C17H11BrFNOS/c18-14-10-11(19)7-8-12(14)17(21)20-15-5-2-1-4-13(15)16-6-3-9-22-16/h1-10H,(H,20,21). The molecule has 0 aliphatic heterocycles. The Morgan fingerprint density at radius 1 is 1.09 bits per heavy atom. The smallest absolute Gasteiger partial charge is 0.256 e. The van der Waals surface area contributed by atoms with E-state index in [2.05, 4.69) is 21.2 Å². The molecule has 0 bridgehead atoms. The second kappa shape index (κ2) is 6.42. The second-order valence-electron chi connectivity index (χ2n) is 4.60. The molecular weight excluding hydrogens is 365 g/mol. The lowest BCUT2D eigenvalue weighted by Crippen LogP contribution is -2.13. The first-order valence-corrected chi connectivity index (χ1v) is 8.22. The average molecular weight is 376 g/mol. The molecule has 1 heterocycles. The fourth-order valence-electron chi connectivity index (χ4n) is 2.10. The summed E-state index contributed by atoms with van der Waals surface area (Å²) in [6, 6.07) is 15.6. The van der Waals surface area contributed by atoms with Gasteiger partial charge in [-0.1, -0.05) is 24.3 Å². The molecule has 22 heavy (non-hydrogen) atoms. The number of amides is 1. The number of hydrogen-bond acceptors (Lipinski definition) is 2. The molecule has 0 fully saturated rings. The SMILES string of the molecule is O=C(Nc1ccccc1-c1cccs1)c1ccc(F)cc1Br. The van der Waals surface area contributed by atoms with Gasteiger partial charge >= 0.3 is 0 Å². The van der Waals surface area contributed by atoms with Crippen LogP contribution in [0.15, 0.2) is 64.5 Å². The van der Waals surface area contributed by atoms with Crippen LogP contribution in [0.5, 0.6) is 0 Å². The topological polar surface area (TPSA) is 29.1 Å². The summed E-state index contributed by atoms with van der Waals surface area (Å²) < 4.78 is 13.6. The third-order valence-electron chi connectivity index (χ3n) is 3.14. The molecule has 0 radical (unpaired) electrons. The third-order valence-corrected chi connectivity index (χ3v) is 4.70. The van der Waals surface area contributed by atoms with Crippen molar-refractivity contribution in [2.45, 2.75) is 0 Å². The molecule has 0 atom stereocenters. The number of rotatable bonds is 3. The predicted molar refractivity (Wildman–Crippen MR) is 91.8 cm³/mol. The zero-order chi connectivity index (χ0) is 15.5. The highest BCUT2D eigenvalue weighted by Crippen LogP contribution is 2.32. The number of para-hydroxylation sites is 1. The Morgan fingerprint density at radius 2 is 1.91 bits per heavy atom. The lowest BCUT2D eigenvalue weighted by molar-refractivity contribution is 0.102. The number of benzene rings is 2. The first-order chi connectivity index (χ1) is 10.6. The Balaban J connectivity index is 1.92. The largest absolute Gasteiger partial charge is 0.321 e. The van der Waals surface area contributed by atoms with Gasteiger partial charge in [0.1, 0.15) is 5.82 Å². The number of nitrogens with one attached hydrogen (secondary N) is 1. The van der Waals surface area contributed by atoms with Gasteiger partial charge < -0.3 is 5.32 Å². The van der Waals surface area contributed by atoms with Gasteiger partial charge in [-0.15, -0.1) is 11.3 Å². The fraction of sp³-hybridized carbons (Fsp3) is 0. The quantitative estimate of drug-likeness (QED) is 0.636. The van der Waals surface area contributed by atoms with Gasteiger partial charge in [-0.25, -0.2) is 4.39 Å². The van der Waals surface area contributed by atoms with Gasteiger partial charge in [0.2, 0.25) is 0 Å². The number of carbonyl (C=O) groups excluding carboxylic acids is 1. The van der Waals surface area contributed by atoms with Crippen LogP contribution in [-0.4, -0.2) is 5.91 Å². The van der Waals surface area contributed by atoms with Crippen molar-refractivity contribution in [2.75, 3.05) is 5.32 Å². The molecule has 0 aliphatic rings. The molecule has 3 rings (SSSR count). The van der Waals surface area contributed by atoms with Crippen LogP contribution < -0.4 is 5.32 Å². The van der Waals surface area contributed by atoms with Gasteiger partial charge in [0.05, 0.1) is 5.56 Å². The van der Waals surface area contributed by atoms with Crippen LogP contribution in [0.2, 0.25) is 0 Å². The Hall–Kier alpha value is -1.98. The van der Waals surface area contributed by atoms with E-state index >= 15 is 0 Å². The van der Waals surface area contributed by atoms with E-state index in [4.69, 9.17) is 0 Å². The van der Waals surface area contributed by atoms with Gasteiger partial charge in [-0.2, -0.15) is 0 Å². The second-order valence-corrected chi connectivity index (χ2v) is 6.40. The van der Waals surface area contributed by atoms with E-state index in [0.29, 0.717) is 10.0 Å². The van der Waals surface area contributed by atoms with E-state index in [0.717, 1.165) is 16.1 Å². The van der Waals surface area contributed by atoms with Crippen LogP contribution in [0.25, 0.3) is 10.4 Å². The zero-order valence-electron chi connectivity index (χ0n) is 11.3. The summed E-state index contributed by atoms with van der Waals surface area (Å²) in [6.45, 7) is 0. The highest BCUT2D eigenvalue weighted by atomic mass is 79.9. The summed E-state index contributed by atoms with van der Waals surface area (Å²) in [5, 5.41) is 4.88. The fourth-order valence-corrected chi connectivity index (χ4v) is 3.40. The maximum absolute atomic E-state index is 13.1. The summed E-state index contributed by atoms with van der Waals surface area (Å²) in [6.07, 6.45) is 0. The normalized spacial score (nSPS) is 10.5. The van der Waals surface area contributed by atoms with E-state index in [1.54, 1.807) is 11.3 Å². The Kier molecular flexibility index (Phi) is 4.36. The van der Waals surface area contributed by atoms with Crippen molar-refractivity contribution in [1.82, 2.24) is 0 Å². The summed E-state index contributed by atoms with van der Waals surface area (Å²) in [7, 11) is 0. The molecule has 0 unspecified atom stereocenters. The van der Waals surface area contributed by atoms with Crippen molar-refractivity contribution in [1.29, 1.82) is 0 Å². The Labute approximate surface area is 139 Å². The third kappa shape index (κ3) is 3.10. The van der Waals surface area contributed by atoms with Crippen molar-refractivity contribution in [2.24, 2.45) is 0 Å².